The van der Waals surface area contributed by atoms with Crippen LogP contribution in [-0.4, -0.2) is 50.4 Å². The van der Waals surface area contributed by atoms with Crippen LogP contribution in [0, 0.1) is 6.92 Å². The van der Waals surface area contributed by atoms with E-state index in [2.05, 4.69) is 44.9 Å². The van der Waals surface area contributed by atoms with Gasteiger partial charge >= 0.3 is 0 Å². The van der Waals surface area contributed by atoms with E-state index in [0.29, 0.717) is 10.0 Å². The molecule has 4 aromatic rings. The Morgan fingerprint density at radius 3 is 2.59 bits per heavy atom. The van der Waals surface area contributed by atoms with Gasteiger partial charge in [-0.3, -0.25) is 9.62 Å². The lowest BCUT2D eigenvalue weighted by Crippen LogP contribution is -2.47. The Hall–Kier alpha value is -2.17. The minimum absolute atomic E-state index is 0.214. The molecule has 0 bridgehead atoms. The first-order valence-electron chi connectivity index (χ1n) is 11.1. The van der Waals surface area contributed by atoms with Crippen molar-refractivity contribution in [1.29, 1.82) is 0 Å². The van der Waals surface area contributed by atoms with Crippen molar-refractivity contribution in [2.75, 3.05) is 42.3 Å². The quantitative estimate of drug-likeness (QED) is 0.341. The van der Waals surface area contributed by atoms with Gasteiger partial charge in [-0.05, 0) is 66.3 Å². The van der Waals surface area contributed by atoms with Crippen molar-refractivity contribution in [2.24, 2.45) is 0 Å². The zero-order valence-electron chi connectivity index (χ0n) is 18.7. The maximum absolute atomic E-state index is 12.6. The highest BCUT2D eigenvalue weighted by Gasteiger charge is 2.21. The number of aryl methyl sites for hydroxylation is 1. The first-order valence-corrected chi connectivity index (χ1v) is 14.5. The molecule has 3 heterocycles. The van der Waals surface area contributed by atoms with Crippen LogP contribution in [0.3, 0.4) is 0 Å². The number of nitrogens with zero attached hydrogens (tertiary/aromatic N) is 3. The largest absolute Gasteiger partial charge is 0.353 e. The smallest absolute Gasteiger partial charge is 0.271 e. The summed E-state index contributed by atoms with van der Waals surface area (Å²) >= 11 is 8.51. The van der Waals surface area contributed by atoms with Gasteiger partial charge in [-0.2, -0.15) is 4.37 Å². The Kier molecular flexibility index (Phi) is 6.81. The van der Waals surface area contributed by atoms with Gasteiger partial charge in [0, 0.05) is 38.1 Å². The van der Waals surface area contributed by atoms with Crippen LogP contribution in [0.1, 0.15) is 11.1 Å². The lowest BCUT2D eigenvalue weighted by atomic mass is 10.1. The fourth-order valence-corrected chi connectivity index (χ4v) is 7.61. The Morgan fingerprint density at radius 2 is 1.85 bits per heavy atom. The molecule has 0 atom stereocenters. The van der Waals surface area contributed by atoms with E-state index in [4.69, 9.17) is 16.0 Å². The van der Waals surface area contributed by atoms with Gasteiger partial charge in [0.1, 0.15) is 10.0 Å². The topological polar surface area (TPSA) is 65.5 Å². The molecule has 1 N–H and O–H groups in total. The molecule has 0 saturated carbocycles. The highest BCUT2D eigenvalue weighted by atomic mass is 35.5. The summed E-state index contributed by atoms with van der Waals surface area (Å²) in [6, 6.07) is 17.5. The van der Waals surface area contributed by atoms with Crippen LogP contribution in [0.15, 0.2) is 58.8 Å². The van der Waals surface area contributed by atoms with E-state index < -0.39 is 10.0 Å². The Bertz CT molecular complexity index is 1410. The van der Waals surface area contributed by atoms with E-state index >= 15 is 0 Å². The maximum Gasteiger partial charge on any atom is 0.271 e. The molecule has 178 valence electrons. The number of hydrogen-bond donors (Lipinski definition) is 1. The maximum atomic E-state index is 12.6. The van der Waals surface area contributed by atoms with Crippen LogP contribution in [0.25, 0.3) is 10.1 Å². The monoisotopic (exact) mass is 532 g/mol. The molecule has 2 aromatic heterocycles. The molecule has 1 saturated heterocycles. The summed E-state index contributed by atoms with van der Waals surface area (Å²) in [6.07, 6.45) is 0.925. The molecule has 0 aliphatic carbocycles. The van der Waals surface area contributed by atoms with E-state index in [9.17, 15) is 8.42 Å². The van der Waals surface area contributed by atoms with Gasteiger partial charge in [0.05, 0.1) is 14.7 Å². The van der Waals surface area contributed by atoms with Crippen molar-refractivity contribution in [1.82, 2.24) is 9.27 Å². The molecule has 5 rings (SSSR count). The van der Waals surface area contributed by atoms with Gasteiger partial charge in [-0.25, -0.2) is 8.42 Å². The van der Waals surface area contributed by atoms with E-state index in [1.54, 1.807) is 17.6 Å². The molecule has 0 spiro atoms. The van der Waals surface area contributed by atoms with Gasteiger partial charge < -0.3 is 4.90 Å². The minimum atomic E-state index is -3.63. The number of sulfonamides is 1. The zero-order chi connectivity index (χ0) is 23.7. The standard InChI is InChI=1S/C24H25ClN4O2S3/c1-17-16-18(6-7-20(17)27-34(30,31)23-9-8-22(25)32-23)10-11-28-12-14-29(15-13-28)24-19-4-2-3-5-21(19)33-26-24/h2-9,16,27H,10-15H2,1H3. The van der Waals surface area contributed by atoms with Crippen LogP contribution in [0.5, 0.6) is 0 Å². The molecular weight excluding hydrogens is 508 g/mol. The van der Waals surface area contributed by atoms with Crippen molar-refractivity contribution in [3.05, 3.63) is 70.1 Å². The van der Waals surface area contributed by atoms with Gasteiger partial charge in [-0.15, -0.1) is 11.3 Å². The predicted octanol–water partition coefficient (Wildman–Crippen LogP) is 5.49. The fourth-order valence-electron chi connectivity index (χ4n) is 4.20. The van der Waals surface area contributed by atoms with Crippen LogP contribution < -0.4 is 9.62 Å². The van der Waals surface area contributed by atoms with E-state index in [1.807, 2.05) is 19.1 Å². The number of halogens is 1. The third-order valence-corrected chi connectivity index (χ3v) is 10.0. The van der Waals surface area contributed by atoms with Gasteiger partial charge in [-0.1, -0.05) is 35.9 Å². The molecule has 6 nitrogen and oxygen atoms in total. The van der Waals surface area contributed by atoms with Crippen LogP contribution in [0.4, 0.5) is 11.5 Å². The summed E-state index contributed by atoms with van der Waals surface area (Å²) in [5.41, 5.74) is 2.70. The summed E-state index contributed by atoms with van der Waals surface area (Å²) in [5, 5.41) is 1.24. The number of anilines is 2. The molecule has 10 heteroatoms. The van der Waals surface area contributed by atoms with Gasteiger partial charge in [0.2, 0.25) is 0 Å². The summed E-state index contributed by atoms with van der Waals surface area (Å²) in [7, 11) is -3.63. The molecule has 2 aromatic carbocycles. The second-order valence-corrected chi connectivity index (χ2v) is 12.8. The number of hydrogen-bond acceptors (Lipinski definition) is 7. The van der Waals surface area contributed by atoms with Crippen molar-refractivity contribution >= 4 is 66.1 Å². The molecule has 0 radical (unpaired) electrons. The number of piperazine rings is 1. The van der Waals surface area contributed by atoms with Crippen LogP contribution in [0.2, 0.25) is 4.34 Å². The number of thiophene rings is 1. The first kappa shape index (κ1) is 23.6. The number of fused-ring (bicyclic) bond motifs is 1. The fraction of sp³-hybridized carbons (Fsp3) is 0.292. The average molecular weight is 533 g/mol. The van der Waals surface area contributed by atoms with Gasteiger partial charge in [0.25, 0.3) is 10.0 Å². The average Bonchev–Trinajstić information content (AvgIpc) is 3.47. The van der Waals surface area contributed by atoms with E-state index in [-0.39, 0.29) is 4.21 Å². The highest BCUT2D eigenvalue weighted by molar-refractivity contribution is 7.94. The second-order valence-electron chi connectivity index (χ2n) is 8.39. The number of nitrogens with one attached hydrogen (secondary N) is 1. The van der Waals surface area contributed by atoms with Crippen LogP contribution >= 0.6 is 34.5 Å². The van der Waals surface area contributed by atoms with Crippen molar-refractivity contribution in [2.45, 2.75) is 17.6 Å². The zero-order valence-corrected chi connectivity index (χ0v) is 21.9. The Labute approximate surface area is 213 Å². The predicted molar refractivity (Wildman–Crippen MR) is 143 cm³/mol. The SMILES string of the molecule is Cc1cc(CCN2CCN(c3nsc4ccccc34)CC2)ccc1NS(=O)(=O)c1ccc(Cl)s1. The second kappa shape index (κ2) is 9.83. The van der Waals surface area contributed by atoms with Crippen molar-refractivity contribution in [3.63, 3.8) is 0 Å². The highest BCUT2D eigenvalue weighted by Crippen LogP contribution is 2.30. The molecule has 1 aliphatic heterocycles. The lowest BCUT2D eigenvalue weighted by Gasteiger charge is -2.35. The Morgan fingerprint density at radius 1 is 1.06 bits per heavy atom. The molecular formula is C24H25ClN4O2S3. The summed E-state index contributed by atoms with van der Waals surface area (Å²) < 4.78 is 34.5. The van der Waals surface area contributed by atoms with Crippen molar-refractivity contribution in [3.8, 4) is 0 Å². The third kappa shape index (κ3) is 5.08. The normalized spacial score (nSPS) is 15.2. The van der Waals surface area contributed by atoms with Gasteiger partial charge in [0.15, 0.2) is 0 Å². The number of aromatic nitrogens is 1. The molecule has 1 fully saturated rings. The third-order valence-electron chi connectivity index (χ3n) is 6.10. The molecule has 1 aliphatic rings. The van der Waals surface area contributed by atoms with E-state index in [1.165, 1.54) is 21.7 Å². The summed E-state index contributed by atoms with van der Waals surface area (Å²) in [6.45, 7) is 6.86. The first-order chi connectivity index (χ1) is 16.4. The molecule has 0 unspecified atom stereocenters. The van der Waals surface area contributed by atoms with Crippen molar-refractivity contribution < 1.29 is 8.42 Å². The lowest BCUT2D eigenvalue weighted by molar-refractivity contribution is 0.261. The molecule has 0 amide bonds. The number of benzene rings is 2. The summed E-state index contributed by atoms with van der Waals surface area (Å²) in [5.74, 6) is 1.11. The minimum Gasteiger partial charge on any atom is -0.353 e. The Balaban J connectivity index is 1.16. The van der Waals surface area contributed by atoms with Crippen LogP contribution in [-0.2, 0) is 16.4 Å². The van der Waals surface area contributed by atoms with E-state index in [0.717, 1.165) is 61.9 Å². The number of rotatable bonds is 7. The summed E-state index contributed by atoms with van der Waals surface area (Å²) in [4.78, 5) is 4.87. The molecule has 34 heavy (non-hydrogen) atoms.